The molecule has 1 amide bonds. The van der Waals surface area contributed by atoms with E-state index >= 15 is 0 Å². The number of aliphatic carboxylic acids is 1. The number of nitrogens with one attached hydrogen (secondary N) is 1. The Morgan fingerprint density at radius 2 is 1.77 bits per heavy atom. The minimum atomic E-state index is -3.31. The van der Waals surface area contributed by atoms with Gasteiger partial charge in [-0.1, -0.05) is 25.0 Å². The minimum absolute atomic E-state index is 0.138. The zero-order valence-electron chi connectivity index (χ0n) is 14.5. The molecule has 1 fully saturated rings. The molecule has 5 N–H and O–H groups in total. The average Bonchev–Trinajstić information content (AvgIpc) is 3.03. The number of hydrogen-bond donors (Lipinski definition) is 4. The van der Waals surface area contributed by atoms with Gasteiger partial charge in [0, 0.05) is 12.3 Å². The van der Waals surface area contributed by atoms with Crippen molar-refractivity contribution < 1.29 is 28.2 Å². The van der Waals surface area contributed by atoms with Gasteiger partial charge >= 0.3 is 5.97 Å². The van der Waals surface area contributed by atoms with E-state index in [1.807, 2.05) is 0 Å². The number of carboxylic acid groups (broad SMARTS) is 1. The van der Waals surface area contributed by atoms with Crippen molar-refractivity contribution in [2.24, 2.45) is 5.73 Å². The molecule has 1 aliphatic carbocycles. The van der Waals surface area contributed by atoms with Crippen molar-refractivity contribution in [2.75, 3.05) is 6.26 Å². The molecule has 2 rings (SSSR count). The van der Waals surface area contributed by atoms with Crippen molar-refractivity contribution in [2.45, 2.75) is 54.7 Å². The molecule has 26 heavy (non-hydrogen) atoms. The first-order chi connectivity index (χ1) is 12.0. The van der Waals surface area contributed by atoms with Crippen LogP contribution in [0.3, 0.4) is 0 Å². The lowest BCUT2D eigenvalue weighted by Crippen LogP contribution is -2.58. The summed E-state index contributed by atoms with van der Waals surface area (Å²) in [6.45, 7) is 0. The van der Waals surface area contributed by atoms with Gasteiger partial charge in [0.15, 0.2) is 9.84 Å². The molecule has 0 aromatic heterocycles. The summed E-state index contributed by atoms with van der Waals surface area (Å²) in [6.07, 6.45) is 1.71. The third-order valence-corrected chi connectivity index (χ3v) is 5.85. The number of aliphatic hydroxyl groups excluding tert-OH is 1. The smallest absolute Gasteiger partial charge is 0.329 e. The predicted molar refractivity (Wildman–Crippen MR) is 94.2 cm³/mol. The van der Waals surface area contributed by atoms with Crippen molar-refractivity contribution >= 4 is 21.7 Å². The number of aliphatic hydroxyl groups is 1. The van der Waals surface area contributed by atoms with Crippen molar-refractivity contribution in [1.82, 2.24) is 5.32 Å². The molecular formula is C17H24N2O6S. The quantitative estimate of drug-likeness (QED) is 0.510. The van der Waals surface area contributed by atoms with Gasteiger partial charge in [0.25, 0.3) is 5.91 Å². The van der Waals surface area contributed by atoms with E-state index < -0.39 is 39.4 Å². The zero-order valence-corrected chi connectivity index (χ0v) is 15.3. The third-order valence-electron chi connectivity index (χ3n) is 4.73. The summed E-state index contributed by atoms with van der Waals surface area (Å²) in [4.78, 5) is 23.9. The Hall–Kier alpha value is -1.97. The number of hydrogen-bond acceptors (Lipinski definition) is 6. The highest BCUT2D eigenvalue weighted by Crippen LogP contribution is 2.30. The number of amides is 1. The highest BCUT2D eigenvalue weighted by molar-refractivity contribution is 7.90. The van der Waals surface area contributed by atoms with Crippen molar-refractivity contribution in [3.63, 3.8) is 0 Å². The maximum Gasteiger partial charge on any atom is 0.329 e. The van der Waals surface area contributed by atoms with Crippen LogP contribution in [0.25, 0.3) is 0 Å². The molecule has 2 atom stereocenters. The summed E-state index contributed by atoms with van der Waals surface area (Å²) in [7, 11) is -3.31. The summed E-state index contributed by atoms with van der Waals surface area (Å²) in [5.74, 6) is -1.92. The van der Waals surface area contributed by atoms with Crippen LogP contribution in [0.5, 0.6) is 0 Å². The van der Waals surface area contributed by atoms with E-state index in [9.17, 15) is 28.2 Å². The molecule has 1 aromatic carbocycles. The average molecular weight is 384 g/mol. The van der Waals surface area contributed by atoms with E-state index in [-0.39, 0.29) is 11.3 Å². The zero-order chi connectivity index (χ0) is 19.5. The van der Waals surface area contributed by atoms with Crippen LogP contribution < -0.4 is 11.1 Å². The molecule has 8 nitrogen and oxygen atoms in total. The van der Waals surface area contributed by atoms with Crippen LogP contribution in [-0.2, 0) is 25.8 Å². The summed E-state index contributed by atoms with van der Waals surface area (Å²) in [5, 5.41) is 22.0. The summed E-state index contributed by atoms with van der Waals surface area (Å²) in [6, 6.07) is 5.04. The van der Waals surface area contributed by atoms with Crippen LogP contribution in [0.15, 0.2) is 29.2 Å². The second-order valence-corrected chi connectivity index (χ2v) is 8.83. The SMILES string of the molecule is CS(=O)(=O)c1ccc(C[C@@H](N)[C@H](O)C(=O)NC2(C(=O)O)CCCC2)cc1. The van der Waals surface area contributed by atoms with Gasteiger partial charge in [0.1, 0.15) is 11.6 Å². The Morgan fingerprint density at radius 3 is 2.23 bits per heavy atom. The van der Waals surface area contributed by atoms with Crippen LogP contribution in [0, 0.1) is 0 Å². The standard InChI is InChI=1S/C17H24N2O6S/c1-26(24,25)12-6-4-11(5-7-12)10-13(18)14(20)15(21)19-17(16(22)23)8-2-3-9-17/h4-7,13-14,20H,2-3,8-10,18H2,1H3,(H,19,21)(H,22,23)/t13-,14+/m1/s1. The number of carboxylic acids is 1. The van der Waals surface area contributed by atoms with Gasteiger partial charge in [-0.05, 0) is 37.0 Å². The number of benzene rings is 1. The van der Waals surface area contributed by atoms with Gasteiger partial charge in [-0.15, -0.1) is 0 Å². The molecule has 0 unspecified atom stereocenters. The maximum atomic E-state index is 12.2. The van der Waals surface area contributed by atoms with Gasteiger partial charge in [0.05, 0.1) is 4.90 Å². The topological polar surface area (TPSA) is 147 Å². The van der Waals surface area contributed by atoms with Gasteiger partial charge < -0.3 is 21.3 Å². The van der Waals surface area contributed by atoms with E-state index in [0.717, 1.165) is 6.26 Å². The Bertz CT molecular complexity index is 769. The van der Waals surface area contributed by atoms with Crippen LogP contribution >= 0.6 is 0 Å². The predicted octanol–water partition coefficient (Wildman–Crippen LogP) is -0.166. The molecule has 1 saturated carbocycles. The van der Waals surface area contributed by atoms with Crippen molar-refractivity contribution in [1.29, 1.82) is 0 Å². The van der Waals surface area contributed by atoms with Gasteiger partial charge in [-0.25, -0.2) is 13.2 Å². The Kier molecular flexibility index (Phi) is 6.05. The molecule has 0 heterocycles. The Balaban J connectivity index is 2.01. The number of carbonyl (C=O) groups is 2. The molecule has 0 radical (unpaired) electrons. The van der Waals surface area contributed by atoms with E-state index in [1.54, 1.807) is 12.1 Å². The summed E-state index contributed by atoms with van der Waals surface area (Å²) in [5.41, 5.74) is 5.21. The Labute approximate surface area is 152 Å². The maximum absolute atomic E-state index is 12.2. The highest BCUT2D eigenvalue weighted by Gasteiger charge is 2.44. The summed E-state index contributed by atoms with van der Waals surface area (Å²) < 4.78 is 22.9. The van der Waals surface area contributed by atoms with Gasteiger partial charge in [-0.2, -0.15) is 0 Å². The van der Waals surface area contributed by atoms with Crippen LogP contribution in [0.1, 0.15) is 31.2 Å². The first-order valence-corrected chi connectivity index (χ1v) is 10.2. The lowest BCUT2D eigenvalue weighted by Gasteiger charge is -2.28. The number of rotatable bonds is 7. The number of sulfone groups is 1. The van der Waals surface area contributed by atoms with Crippen molar-refractivity contribution in [3.05, 3.63) is 29.8 Å². The lowest BCUT2D eigenvalue weighted by molar-refractivity contribution is -0.149. The van der Waals surface area contributed by atoms with E-state index in [4.69, 9.17) is 5.73 Å². The van der Waals surface area contributed by atoms with Crippen LogP contribution in [0.4, 0.5) is 0 Å². The van der Waals surface area contributed by atoms with E-state index in [0.29, 0.717) is 31.2 Å². The first kappa shape index (κ1) is 20.3. The monoisotopic (exact) mass is 384 g/mol. The first-order valence-electron chi connectivity index (χ1n) is 8.33. The van der Waals surface area contributed by atoms with Gasteiger partial charge in [0.2, 0.25) is 0 Å². The van der Waals surface area contributed by atoms with Crippen LogP contribution in [0.2, 0.25) is 0 Å². The number of carbonyl (C=O) groups excluding carboxylic acids is 1. The fourth-order valence-electron chi connectivity index (χ4n) is 3.13. The fraction of sp³-hybridized carbons (Fsp3) is 0.529. The summed E-state index contributed by atoms with van der Waals surface area (Å²) >= 11 is 0. The number of nitrogens with two attached hydrogens (primary N) is 1. The molecule has 9 heteroatoms. The third kappa shape index (κ3) is 4.60. The Morgan fingerprint density at radius 1 is 1.23 bits per heavy atom. The molecule has 1 aliphatic rings. The normalized spacial score (nSPS) is 18.9. The van der Waals surface area contributed by atoms with E-state index in [1.165, 1.54) is 12.1 Å². The molecule has 0 saturated heterocycles. The van der Waals surface area contributed by atoms with E-state index in [2.05, 4.69) is 5.32 Å². The lowest BCUT2D eigenvalue weighted by atomic mass is 9.96. The molecule has 0 spiro atoms. The second kappa shape index (κ2) is 7.73. The fourth-order valence-corrected chi connectivity index (χ4v) is 3.76. The van der Waals surface area contributed by atoms with Crippen LogP contribution in [-0.4, -0.2) is 54.4 Å². The highest BCUT2D eigenvalue weighted by atomic mass is 32.2. The molecular weight excluding hydrogens is 360 g/mol. The largest absolute Gasteiger partial charge is 0.480 e. The second-order valence-electron chi connectivity index (χ2n) is 6.81. The molecule has 0 aliphatic heterocycles. The minimum Gasteiger partial charge on any atom is -0.480 e. The molecule has 0 bridgehead atoms. The van der Waals surface area contributed by atoms with Gasteiger partial charge in [-0.3, -0.25) is 4.79 Å². The molecule has 1 aromatic rings. The molecule has 144 valence electrons. The van der Waals surface area contributed by atoms with Crippen molar-refractivity contribution in [3.8, 4) is 0 Å².